The Morgan fingerprint density at radius 2 is 0.704 bits per heavy atom. The first-order valence-electron chi connectivity index (χ1n) is 18.0. The van der Waals surface area contributed by atoms with Gasteiger partial charge in [0.2, 0.25) is 0 Å². The topological polar surface area (TPSA) is 36.9 Å². The molecule has 0 unspecified atom stereocenters. The molecule has 4 nitrogen and oxygen atoms in total. The van der Waals surface area contributed by atoms with Crippen molar-refractivity contribution in [2.75, 3.05) is 14.2 Å². The van der Waals surface area contributed by atoms with Crippen molar-refractivity contribution in [3.05, 3.63) is 193 Å². The minimum absolute atomic E-state index is 0.365. The van der Waals surface area contributed by atoms with E-state index in [0.717, 1.165) is 21.9 Å². The molecule has 0 radical (unpaired) electrons. The van der Waals surface area contributed by atoms with Crippen LogP contribution >= 0.6 is 15.8 Å². The maximum absolute atomic E-state index is 5.39. The lowest BCUT2D eigenvalue weighted by molar-refractivity contribution is -0.282. The molecule has 0 saturated carbocycles. The average Bonchev–Trinajstić information content (AvgIpc) is 3.24. The Balaban J connectivity index is 1.51. The molecule has 0 saturated heterocycles. The number of hydrogen-bond donors (Lipinski definition) is 0. The third-order valence-electron chi connectivity index (χ3n) is 9.60. The van der Waals surface area contributed by atoms with Gasteiger partial charge in [-0.05, 0) is 104 Å². The monoisotopic (exact) mass is 742 g/mol. The zero-order chi connectivity index (χ0) is 36.7. The molecule has 0 aromatic heterocycles. The smallest absolute Gasteiger partial charge is 0.107 e. The third kappa shape index (κ3) is 7.51. The molecular weight excluding hydrogens is 702 g/mol. The van der Waals surface area contributed by atoms with Crippen LogP contribution in [-0.4, -0.2) is 14.2 Å². The highest BCUT2D eigenvalue weighted by atomic mass is 31.1. The fourth-order valence-electron chi connectivity index (χ4n) is 7.23. The van der Waals surface area contributed by atoms with Crippen molar-refractivity contribution in [1.29, 1.82) is 0 Å². The summed E-state index contributed by atoms with van der Waals surface area (Å²) in [6, 6.07) is 66.7. The second kappa shape index (κ2) is 17.0. The molecule has 8 aromatic carbocycles. The zero-order valence-electron chi connectivity index (χ0n) is 30.3. The van der Waals surface area contributed by atoms with Crippen molar-refractivity contribution in [2.45, 2.75) is 13.2 Å². The predicted octanol–water partition coefficient (Wildman–Crippen LogP) is 9.33. The maximum Gasteiger partial charge on any atom is 0.107 e. The van der Waals surface area contributed by atoms with E-state index in [4.69, 9.17) is 19.6 Å². The largest absolute Gasteiger partial charge is 0.240 e. The lowest BCUT2D eigenvalue weighted by Gasteiger charge is -2.28. The summed E-state index contributed by atoms with van der Waals surface area (Å²) in [5.41, 5.74) is 4.61. The molecule has 0 aliphatic rings. The Hall–Kier alpha value is -5.02. The number of rotatable bonds is 13. The van der Waals surface area contributed by atoms with E-state index in [9.17, 15) is 0 Å². The van der Waals surface area contributed by atoms with E-state index >= 15 is 0 Å². The highest BCUT2D eigenvalue weighted by Gasteiger charge is 2.28. The van der Waals surface area contributed by atoms with Gasteiger partial charge in [-0.15, -0.1) is 0 Å². The molecule has 0 bridgehead atoms. The predicted molar refractivity (Wildman–Crippen MR) is 228 cm³/mol. The fraction of sp³-hybridized carbons (Fsp3) is 0.0833. The van der Waals surface area contributed by atoms with E-state index in [1.165, 1.54) is 53.7 Å². The molecule has 54 heavy (non-hydrogen) atoms. The van der Waals surface area contributed by atoms with Crippen LogP contribution < -0.4 is 31.8 Å². The second-order valence-electron chi connectivity index (χ2n) is 12.9. The van der Waals surface area contributed by atoms with Crippen LogP contribution in [0.1, 0.15) is 11.1 Å². The summed E-state index contributed by atoms with van der Waals surface area (Å²) in [4.78, 5) is 20.8. The Morgan fingerprint density at radius 3 is 1.02 bits per heavy atom. The Morgan fingerprint density at radius 1 is 0.370 bits per heavy atom. The summed E-state index contributed by atoms with van der Waals surface area (Å²) >= 11 is 0. The highest BCUT2D eigenvalue weighted by Crippen LogP contribution is 2.46. The number of benzene rings is 8. The van der Waals surface area contributed by atoms with E-state index in [0.29, 0.717) is 13.2 Å². The van der Waals surface area contributed by atoms with E-state index < -0.39 is 15.8 Å². The molecule has 0 amide bonds. The van der Waals surface area contributed by atoms with Crippen molar-refractivity contribution >= 4 is 69.2 Å². The summed E-state index contributed by atoms with van der Waals surface area (Å²) < 4.78 is 0. The summed E-state index contributed by atoms with van der Waals surface area (Å²) in [6.45, 7) is 0.729. The van der Waals surface area contributed by atoms with Crippen LogP contribution in [0.2, 0.25) is 0 Å². The summed E-state index contributed by atoms with van der Waals surface area (Å²) in [5, 5.41) is 12.5. The average molecular weight is 743 g/mol. The molecular formula is C48H40O4P2. The van der Waals surface area contributed by atoms with Gasteiger partial charge in [-0.25, -0.2) is 19.6 Å². The molecule has 8 rings (SSSR count). The van der Waals surface area contributed by atoms with Gasteiger partial charge in [0.05, 0.1) is 14.2 Å². The van der Waals surface area contributed by atoms with Crippen LogP contribution in [0, 0.1) is 0 Å². The fourth-order valence-corrected chi connectivity index (χ4v) is 12.2. The van der Waals surface area contributed by atoms with Gasteiger partial charge in [-0.2, -0.15) is 0 Å². The minimum Gasteiger partial charge on any atom is -0.240 e. The minimum atomic E-state index is -0.964. The Kier molecular flexibility index (Phi) is 11.3. The quantitative estimate of drug-likeness (QED) is 0.0671. The first kappa shape index (κ1) is 36.0. The maximum atomic E-state index is 5.39. The van der Waals surface area contributed by atoms with Crippen molar-refractivity contribution in [3.8, 4) is 11.1 Å². The molecule has 0 aliphatic heterocycles. The van der Waals surface area contributed by atoms with Crippen LogP contribution in [0.3, 0.4) is 0 Å². The van der Waals surface area contributed by atoms with Gasteiger partial charge < -0.3 is 0 Å². The Bertz CT molecular complexity index is 2220. The molecule has 0 fully saturated rings. The van der Waals surface area contributed by atoms with Crippen LogP contribution in [0.4, 0.5) is 0 Å². The highest BCUT2D eigenvalue weighted by molar-refractivity contribution is 7.80. The Labute approximate surface area is 319 Å². The van der Waals surface area contributed by atoms with Crippen molar-refractivity contribution in [3.63, 3.8) is 0 Å². The second-order valence-corrected chi connectivity index (χ2v) is 17.3. The molecule has 0 spiro atoms. The van der Waals surface area contributed by atoms with Gasteiger partial charge in [0.15, 0.2) is 0 Å². The summed E-state index contributed by atoms with van der Waals surface area (Å²) in [6.07, 6.45) is 0. The van der Waals surface area contributed by atoms with Crippen LogP contribution in [-0.2, 0) is 32.8 Å². The van der Waals surface area contributed by atoms with Gasteiger partial charge >= 0.3 is 0 Å². The molecule has 6 heteroatoms. The van der Waals surface area contributed by atoms with Crippen molar-refractivity contribution in [1.82, 2.24) is 0 Å². The van der Waals surface area contributed by atoms with Crippen molar-refractivity contribution in [2.24, 2.45) is 0 Å². The van der Waals surface area contributed by atoms with Crippen LogP contribution in [0.25, 0.3) is 32.7 Å². The molecule has 0 N–H and O–H groups in total. The van der Waals surface area contributed by atoms with E-state index in [-0.39, 0.29) is 0 Å². The first-order valence-corrected chi connectivity index (χ1v) is 20.6. The van der Waals surface area contributed by atoms with E-state index in [2.05, 4.69) is 182 Å². The molecule has 0 heterocycles. The lowest BCUT2D eigenvalue weighted by Crippen LogP contribution is -2.26. The molecule has 8 aromatic rings. The molecule has 0 atom stereocenters. The number of fused-ring (bicyclic) bond motifs is 2. The SMILES string of the molecule is COOCc1ccc2c(-c3c(P(c4ccccc4)c4ccccc4)ccc4cc(COOC)ccc34)c(P(c3ccccc3)c3ccccc3)ccc2c1. The summed E-state index contributed by atoms with van der Waals surface area (Å²) in [7, 11) is 1.17. The molecule has 0 aliphatic carbocycles. The standard InChI is InChI=1S/C48H40O4P2/c1-49-51-33-35-23-27-43-37(31-35)25-29-45(53(39-15-7-3-8-16-39)40-17-9-4-10-18-40)47(43)48-44-28-24-36(34-52-50-2)32-38(44)26-30-46(48)54(41-19-11-5-12-20-41)42-21-13-6-14-22-42/h3-32H,33-34H2,1-2H3. The van der Waals surface area contributed by atoms with Gasteiger partial charge in [-0.3, -0.25) is 0 Å². The van der Waals surface area contributed by atoms with Gasteiger partial charge in [0, 0.05) is 0 Å². The lowest BCUT2D eigenvalue weighted by atomic mass is 9.92. The van der Waals surface area contributed by atoms with Gasteiger partial charge in [-0.1, -0.05) is 170 Å². The van der Waals surface area contributed by atoms with Gasteiger partial charge in [0.25, 0.3) is 0 Å². The van der Waals surface area contributed by atoms with E-state index in [1.54, 1.807) is 14.2 Å². The normalized spacial score (nSPS) is 11.6. The van der Waals surface area contributed by atoms with E-state index in [1.807, 2.05) is 0 Å². The van der Waals surface area contributed by atoms with Gasteiger partial charge in [0.1, 0.15) is 13.2 Å². The van der Waals surface area contributed by atoms with Crippen LogP contribution in [0.5, 0.6) is 0 Å². The third-order valence-corrected chi connectivity index (χ3v) is 14.6. The van der Waals surface area contributed by atoms with Crippen LogP contribution in [0.15, 0.2) is 182 Å². The molecule has 266 valence electrons. The van der Waals surface area contributed by atoms with Crippen molar-refractivity contribution < 1.29 is 19.6 Å². The number of hydrogen-bond acceptors (Lipinski definition) is 4. The summed E-state index contributed by atoms with van der Waals surface area (Å²) in [5.74, 6) is 0. The first-order chi connectivity index (χ1) is 26.7. The zero-order valence-corrected chi connectivity index (χ0v) is 32.1.